The molecular weight excluding hydrogens is 296 g/mol. The monoisotopic (exact) mass is 310 g/mol. The minimum atomic E-state index is -0.179. The van der Waals surface area contributed by atoms with Gasteiger partial charge in [0.1, 0.15) is 11.4 Å². The number of carbonyl (C=O) groups is 1. The molecule has 5 heteroatoms. The molecule has 0 saturated carbocycles. The van der Waals surface area contributed by atoms with Gasteiger partial charge in [-0.3, -0.25) is 9.69 Å². The number of thiocarbonyl (C=S) groups is 1. The van der Waals surface area contributed by atoms with Gasteiger partial charge in [-0.25, -0.2) is 0 Å². The van der Waals surface area contributed by atoms with Crippen LogP contribution in [0.5, 0.6) is 5.75 Å². The third-order valence-corrected chi connectivity index (χ3v) is 3.62. The van der Waals surface area contributed by atoms with Crippen molar-refractivity contribution < 1.29 is 9.53 Å². The molecule has 0 radical (unpaired) electrons. The molecule has 2 aromatic carbocycles. The quantitative estimate of drug-likeness (QED) is 0.699. The average molecular weight is 310 g/mol. The first-order chi connectivity index (χ1) is 10.7. The van der Waals surface area contributed by atoms with Gasteiger partial charge in [-0.15, -0.1) is 0 Å². The van der Waals surface area contributed by atoms with Crippen molar-refractivity contribution in [3.8, 4) is 5.75 Å². The summed E-state index contributed by atoms with van der Waals surface area (Å²) in [6.07, 6.45) is 1.75. The van der Waals surface area contributed by atoms with E-state index in [2.05, 4.69) is 5.32 Å². The van der Waals surface area contributed by atoms with Crippen LogP contribution in [0, 0.1) is 0 Å². The maximum Gasteiger partial charge on any atom is 0.281 e. The molecule has 1 amide bonds. The summed E-state index contributed by atoms with van der Waals surface area (Å²) in [5.41, 5.74) is 1.99. The van der Waals surface area contributed by atoms with Gasteiger partial charge < -0.3 is 10.1 Å². The Labute approximate surface area is 134 Å². The summed E-state index contributed by atoms with van der Waals surface area (Å²) in [4.78, 5) is 14.1. The minimum Gasteiger partial charge on any atom is -0.496 e. The number of methoxy groups -OCH3 is 1. The van der Waals surface area contributed by atoms with Crippen molar-refractivity contribution in [3.63, 3.8) is 0 Å². The van der Waals surface area contributed by atoms with E-state index in [0.717, 1.165) is 11.3 Å². The average Bonchev–Trinajstić information content (AvgIpc) is 2.83. The predicted molar refractivity (Wildman–Crippen MR) is 90.6 cm³/mol. The number of hydrogen-bond acceptors (Lipinski definition) is 3. The number of nitrogens with one attached hydrogen (secondary N) is 1. The second-order valence-electron chi connectivity index (χ2n) is 4.71. The topological polar surface area (TPSA) is 41.6 Å². The SMILES string of the molecule is COc1ccccc1/C=C1/NC(=S)N(c2ccccc2)C1=O. The van der Waals surface area contributed by atoms with Crippen molar-refractivity contribution >= 4 is 35.0 Å². The fourth-order valence-corrected chi connectivity index (χ4v) is 2.59. The van der Waals surface area contributed by atoms with Crippen LogP contribution in [0.3, 0.4) is 0 Å². The molecule has 22 heavy (non-hydrogen) atoms. The Bertz CT molecular complexity index is 756. The van der Waals surface area contributed by atoms with E-state index in [1.807, 2.05) is 54.6 Å². The lowest BCUT2D eigenvalue weighted by molar-refractivity contribution is -0.113. The van der Waals surface area contributed by atoms with Gasteiger partial charge in [-0.2, -0.15) is 0 Å². The third kappa shape index (κ3) is 2.58. The normalized spacial score (nSPS) is 16.0. The molecule has 1 fully saturated rings. The highest BCUT2D eigenvalue weighted by Gasteiger charge is 2.31. The lowest BCUT2D eigenvalue weighted by atomic mass is 10.1. The molecule has 0 aromatic heterocycles. The minimum absolute atomic E-state index is 0.179. The molecule has 0 aliphatic carbocycles. The Hall–Kier alpha value is -2.66. The molecule has 110 valence electrons. The van der Waals surface area contributed by atoms with Crippen molar-refractivity contribution in [2.45, 2.75) is 0 Å². The number of benzene rings is 2. The molecule has 4 nitrogen and oxygen atoms in total. The first-order valence-electron chi connectivity index (χ1n) is 6.76. The fraction of sp³-hybridized carbons (Fsp3) is 0.0588. The Morgan fingerprint density at radius 2 is 1.77 bits per heavy atom. The van der Waals surface area contributed by atoms with Gasteiger partial charge >= 0.3 is 0 Å². The molecule has 0 spiro atoms. The second kappa shape index (κ2) is 5.99. The third-order valence-electron chi connectivity index (χ3n) is 3.33. The lowest BCUT2D eigenvalue weighted by Gasteiger charge is -2.13. The first-order valence-corrected chi connectivity index (χ1v) is 7.17. The van der Waals surface area contributed by atoms with Crippen LogP contribution >= 0.6 is 12.2 Å². The summed E-state index contributed by atoms with van der Waals surface area (Å²) in [7, 11) is 1.60. The number of ether oxygens (including phenoxy) is 1. The summed E-state index contributed by atoms with van der Waals surface area (Å²) in [5, 5.41) is 3.34. The van der Waals surface area contributed by atoms with Crippen molar-refractivity contribution in [1.82, 2.24) is 5.32 Å². The maximum absolute atomic E-state index is 12.6. The fourth-order valence-electron chi connectivity index (χ4n) is 2.29. The molecule has 0 bridgehead atoms. The summed E-state index contributed by atoms with van der Waals surface area (Å²) in [6.45, 7) is 0. The Morgan fingerprint density at radius 3 is 2.50 bits per heavy atom. The second-order valence-corrected chi connectivity index (χ2v) is 5.09. The van der Waals surface area contributed by atoms with Crippen molar-refractivity contribution in [1.29, 1.82) is 0 Å². The van der Waals surface area contributed by atoms with Crippen LogP contribution in [0.15, 0.2) is 60.3 Å². The number of nitrogens with zero attached hydrogens (tertiary/aromatic N) is 1. The highest BCUT2D eigenvalue weighted by atomic mass is 32.1. The van der Waals surface area contributed by atoms with E-state index in [9.17, 15) is 4.79 Å². The largest absolute Gasteiger partial charge is 0.496 e. The first kappa shape index (κ1) is 14.3. The van der Waals surface area contributed by atoms with E-state index in [4.69, 9.17) is 17.0 Å². The van der Waals surface area contributed by atoms with Gasteiger partial charge in [0.2, 0.25) is 0 Å². The molecule has 1 heterocycles. The molecule has 0 unspecified atom stereocenters. The highest BCUT2D eigenvalue weighted by Crippen LogP contribution is 2.25. The molecule has 2 aromatic rings. The molecule has 1 aliphatic rings. The molecule has 0 atom stereocenters. The zero-order valence-corrected chi connectivity index (χ0v) is 12.8. The van der Waals surface area contributed by atoms with Crippen LogP contribution in [0.4, 0.5) is 5.69 Å². The van der Waals surface area contributed by atoms with E-state index in [-0.39, 0.29) is 5.91 Å². The standard InChI is InChI=1S/C17H14N2O2S/c1-21-15-10-6-5-7-12(15)11-14-16(20)19(17(22)18-14)13-8-3-2-4-9-13/h2-11H,1H3,(H,18,22)/b14-11+. The van der Waals surface area contributed by atoms with Crippen molar-refractivity contribution in [3.05, 3.63) is 65.9 Å². The number of amides is 1. The predicted octanol–water partition coefficient (Wildman–Crippen LogP) is 2.96. The van der Waals surface area contributed by atoms with Crippen LogP contribution in [0.25, 0.3) is 6.08 Å². The van der Waals surface area contributed by atoms with Crippen LogP contribution in [-0.2, 0) is 4.79 Å². The Morgan fingerprint density at radius 1 is 1.09 bits per heavy atom. The van der Waals surface area contributed by atoms with Crippen LogP contribution < -0.4 is 15.0 Å². The van der Waals surface area contributed by atoms with Crippen molar-refractivity contribution in [2.24, 2.45) is 0 Å². The van der Waals surface area contributed by atoms with Gasteiger partial charge in [-0.05, 0) is 36.5 Å². The van der Waals surface area contributed by atoms with E-state index in [1.54, 1.807) is 13.2 Å². The molecule has 1 N–H and O–H groups in total. The number of rotatable bonds is 3. The molecule has 1 aliphatic heterocycles. The van der Waals surface area contributed by atoms with Crippen LogP contribution in [0.2, 0.25) is 0 Å². The van der Waals surface area contributed by atoms with Crippen LogP contribution in [-0.4, -0.2) is 18.1 Å². The number of carbonyl (C=O) groups excluding carboxylic acids is 1. The van der Waals surface area contributed by atoms with Gasteiger partial charge in [-0.1, -0.05) is 36.4 Å². The van der Waals surface area contributed by atoms with Crippen molar-refractivity contribution in [2.75, 3.05) is 12.0 Å². The van der Waals surface area contributed by atoms with Crippen LogP contribution in [0.1, 0.15) is 5.56 Å². The van der Waals surface area contributed by atoms with Gasteiger partial charge in [0, 0.05) is 5.56 Å². The number of para-hydroxylation sites is 2. The highest BCUT2D eigenvalue weighted by molar-refractivity contribution is 7.80. The smallest absolute Gasteiger partial charge is 0.281 e. The van der Waals surface area contributed by atoms with E-state index in [0.29, 0.717) is 16.6 Å². The summed E-state index contributed by atoms with van der Waals surface area (Å²) < 4.78 is 5.30. The zero-order valence-electron chi connectivity index (χ0n) is 11.9. The lowest BCUT2D eigenvalue weighted by Crippen LogP contribution is -2.30. The maximum atomic E-state index is 12.6. The Kier molecular flexibility index (Phi) is 3.89. The zero-order chi connectivity index (χ0) is 15.5. The summed E-state index contributed by atoms with van der Waals surface area (Å²) in [5.74, 6) is 0.524. The molecule has 3 rings (SSSR count). The molecular formula is C17H14N2O2S. The van der Waals surface area contributed by atoms with E-state index in [1.165, 1.54) is 4.90 Å². The number of hydrogen-bond donors (Lipinski definition) is 1. The number of anilines is 1. The van der Waals surface area contributed by atoms with Gasteiger partial charge in [0.05, 0.1) is 12.8 Å². The molecule has 1 saturated heterocycles. The summed E-state index contributed by atoms with van der Waals surface area (Å²) >= 11 is 5.28. The van der Waals surface area contributed by atoms with Gasteiger partial charge in [0.25, 0.3) is 5.91 Å². The summed E-state index contributed by atoms with van der Waals surface area (Å²) in [6, 6.07) is 16.8. The van der Waals surface area contributed by atoms with E-state index >= 15 is 0 Å². The van der Waals surface area contributed by atoms with E-state index < -0.39 is 0 Å². The van der Waals surface area contributed by atoms with Gasteiger partial charge in [0.15, 0.2) is 5.11 Å². The Balaban J connectivity index is 1.96.